The number of hydrogen-bond acceptors (Lipinski definition) is 3. The van der Waals surface area contributed by atoms with Crippen molar-refractivity contribution in [1.29, 1.82) is 0 Å². The monoisotopic (exact) mass is 358 g/mol. The molecule has 2 N–H and O–H groups in total. The number of amides is 1. The molecule has 0 saturated heterocycles. The van der Waals surface area contributed by atoms with Gasteiger partial charge < -0.3 is 15.4 Å². The van der Waals surface area contributed by atoms with Crippen LogP contribution in [0.5, 0.6) is 0 Å². The Morgan fingerprint density at radius 1 is 1.28 bits per heavy atom. The molecular formula is C20H23ClN2O2. The molecule has 4 nitrogen and oxygen atoms in total. The summed E-state index contributed by atoms with van der Waals surface area (Å²) in [4.78, 5) is 14.9. The number of benzene rings is 2. The molecule has 0 saturated carbocycles. The third-order valence-corrected chi connectivity index (χ3v) is 5.04. The average molecular weight is 359 g/mol. The summed E-state index contributed by atoms with van der Waals surface area (Å²) in [5.74, 6) is 0.0526. The van der Waals surface area contributed by atoms with Crippen LogP contribution in [0.15, 0.2) is 48.5 Å². The van der Waals surface area contributed by atoms with E-state index in [1.165, 1.54) is 5.56 Å². The lowest BCUT2D eigenvalue weighted by Gasteiger charge is -2.38. The van der Waals surface area contributed by atoms with E-state index < -0.39 is 0 Å². The number of hydrogen-bond donors (Lipinski definition) is 1. The van der Waals surface area contributed by atoms with Crippen molar-refractivity contribution in [2.45, 2.75) is 31.5 Å². The maximum atomic E-state index is 13.0. The van der Waals surface area contributed by atoms with E-state index in [0.717, 1.165) is 17.5 Å². The molecule has 0 spiro atoms. The summed E-state index contributed by atoms with van der Waals surface area (Å²) in [6.07, 6.45) is 0.805. The SMILES string of the molecule is COC(CN)CC(=O)N1Cc2cc(Cl)ccc2CC1c1ccccc1. The fourth-order valence-electron chi connectivity index (χ4n) is 3.36. The molecule has 132 valence electrons. The highest BCUT2D eigenvalue weighted by Gasteiger charge is 2.31. The number of nitrogens with two attached hydrogens (primary N) is 1. The van der Waals surface area contributed by atoms with Crippen LogP contribution in [0.3, 0.4) is 0 Å². The third kappa shape index (κ3) is 4.03. The Morgan fingerprint density at radius 3 is 2.72 bits per heavy atom. The first-order valence-electron chi connectivity index (χ1n) is 8.47. The molecule has 1 aliphatic heterocycles. The molecule has 0 radical (unpaired) electrons. The van der Waals surface area contributed by atoms with E-state index in [-0.39, 0.29) is 24.5 Å². The van der Waals surface area contributed by atoms with Gasteiger partial charge in [0, 0.05) is 25.2 Å². The molecule has 5 heteroatoms. The molecule has 25 heavy (non-hydrogen) atoms. The maximum Gasteiger partial charge on any atom is 0.226 e. The van der Waals surface area contributed by atoms with E-state index in [2.05, 4.69) is 18.2 Å². The minimum Gasteiger partial charge on any atom is -0.380 e. The van der Waals surface area contributed by atoms with Crippen molar-refractivity contribution in [3.63, 3.8) is 0 Å². The van der Waals surface area contributed by atoms with Crippen molar-refractivity contribution >= 4 is 17.5 Å². The van der Waals surface area contributed by atoms with Crippen LogP contribution in [0.4, 0.5) is 0 Å². The molecule has 1 heterocycles. The van der Waals surface area contributed by atoms with Crippen molar-refractivity contribution in [2.24, 2.45) is 5.73 Å². The van der Waals surface area contributed by atoms with Gasteiger partial charge >= 0.3 is 0 Å². The average Bonchev–Trinajstić information content (AvgIpc) is 2.65. The number of carbonyl (C=O) groups is 1. The van der Waals surface area contributed by atoms with Crippen LogP contribution in [0.1, 0.15) is 29.2 Å². The summed E-state index contributed by atoms with van der Waals surface area (Å²) >= 11 is 6.15. The van der Waals surface area contributed by atoms with Crippen molar-refractivity contribution in [2.75, 3.05) is 13.7 Å². The number of fused-ring (bicyclic) bond motifs is 1. The molecule has 0 aliphatic carbocycles. The van der Waals surface area contributed by atoms with Crippen molar-refractivity contribution in [3.8, 4) is 0 Å². The molecular weight excluding hydrogens is 336 g/mol. The van der Waals surface area contributed by atoms with Crippen molar-refractivity contribution in [1.82, 2.24) is 4.90 Å². The Kier molecular flexibility index (Phi) is 5.74. The van der Waals surface area contributed by atoms with E-state index in [9.17, 15) is 4.79 Å². The van der Waals surface area contributed by atoms with Crippen LogP contribution in [-0.2, 0) is 22.5 Å². The Bertz CT molecular complexity index is 732. The van der Waals surface area contributed by atoms with Gasteiger partial charge in [-0.2, -0.15) is 0 Å². The van der Waals surface area contributed by atoms with Gasteiger partial charge in [-0.05, 0) is 35.2 Å². The fourth-order valence-corrected chi connectivity index (χ4v) is 3.56. The molecule has 3 rings (SSSR count). The predicted octanol–water partition coefficient (Wildman–Crippen LogP) is 3.33. The molecule has 2 atom stereocenters. The largest absolute Gasteiger partial charge is 0.380 e. The quantitative estimate of drug-likeness (QED) is 0.891. The van der Waals surface area contributed by atoms with Crippen LogP contribution >= 0.6 is 11.6 Å². The predicted molar refractivity (Wildman–Crippen MR) is 99.4 cm³/mol. The summed E-state index contributed by atoms with van der Waals surface area (Å²) in [6.45, 7) is 0.879. The Balaban J connectivity index is 1.92. The number of nitrogens with zero attached hydrogens (tertiary/aromatic N) is 1. The van der Waals surface area contributed by atoms with Gasteiger partial charge in [-0.3, -0.25) is 4.79 Å². The fraction of sp³-hybridized carbons (Fsp3) is 0.350. The Morgan fingerprint density at radius 2 is 2.04 bits per heavy atom. The van der Waals surface area contributed by atoms with Gasteiger partial charge in [0.05, 0.1) is 18.6 Å². The van der Waals surface area contributed by atoms with E-state index in [1.54, 1.807) is 7.11 Å². The van der Waals surface area contributed by atoms with E-state index >= 15 is 0 Å². The van der Waals surface area contributed by atoms with Gasteiger partial charge in [-0.15, -0.1) is 0 Å². The molecule has 2 aromatic rings. The molecule has 1 amide bonds. The summed E-state index contributed by atoms with van der Waals surface area (Å²) in [5.41, 5.74) is 9.17. The van der Waals surface area contributed by atoms with Gasteiger partial charge in [0.25, 0.3) is 0 Å². The molecule has 1 aliphatic rings. The first-order valence-corrected chi connectivity index (χ1v) is 8.84. The molecule has 0 fully saturated rings. The number of methoxy groups -OCH3 is 1. The Labute approximate surface area is 153 Å². The highest BCUT2D eigenvalue weighted by molar-refractivity contribution is 6.30. The van der Waals surface area contributed by atoms with Crippen LogP contribution in [-0.4, -0.2) is 30.6 Å². The zero-order chi connectivity index (χ0) is 17.8. The van der Waals surface area contributed by atoms with Crippen LogP contribution in [0.25, 0.3) is 0 Å². The van der Waals surface area contributed by atoms with E-state index in [0.29, 0.717) is 18.1 Å². The molecule has 0 bridgehead atoms. The van der Waals surface area contributed by atoms with Gasteiger partial charge in [-0.1, -0.05) is 48.0 Å². The molecule has 0 aromatic heterocycles. The number of ether oxygens (including phenoxy) is 1. The van der Waals surface area contributed by atoms with Crippen molar-refractivity contribution in [3.05, 3.63) is 70.2 Å². The summed E-state index contributed by atoms with van der Waals surface area (Å²) in [7, 11) is 1.59. The second-order valence-electron chi connectivity index (χ2n) is 6.36. The van der Waals surface area contributed by atoms with Crippen LogP contribution in [0, 0.1) is 0 Å². The first-order chi connectivity index (χ1) is 12.1. The lowest BCUT2D eigenvalue weighted by molar-refractivity contribution is -0.137. The first kappa shape index (κ1) is 17.9. The highest BCUT2D eigenvalue weighted by Crippen LogP contribution is 2.35. The number of carbonyl (C=O) groups excluding carboxylic acids is 1. The number of rotatable bonds is 5. The lowest BCUT2D eigenvalue weighted by atomic mass is 9.89. The third-order valence-electron chi connectivity index (χ3n) is 4.80. The van der Waals surface area contributed by atoms with Crippen molar-refractivity contribution < 1.29 is 9.53 Å². The second-order valence-corrected chi connectivity index (χ2v) is 6.80. The van der Waals surface area contributed by atoms with Gasteiger partial charge in [-0.25, -0.2) is 0 Å². The normalized spacial score (nSPS) is 17.9. The smallest absolute Gasteiger partial charge is 0.226 e. The van der Waals surface area contributed by atoms with Gasteiger partial charge in [0.2, 0.25) is 5.91 Å². The molecule has 2 aromatic carbocycles. The van der Waals surface area contributed by atoms with Crippen LogP contribution < -0.4 is 5.73 Å². The summed E-state index contributed by atoms with van der Waals surface area (Å²) < 4.78 is 5.30. The van der Waals surface area contributed by atoms with E-state index in [4.69, 9.17) is 22.1 Å². The standard InChI is InChI=1S/C20H23ClN2O2/c1-25-18(12-22)11-20(24)23-13-16-9-17(21)8-7-15(16)10-19(23)14-5-3-2-4-6-14/h2-9,18-19H,10-13,22H2,1H3. The van der Waals surface area contributed by atoms with Gasteiger partial charge in [0.1, 0.15) is 0 Å². The van der Waals surface area contributed by atoms with E-state index in [1.807, 2.05) is 35.2 Å². The summed E-state index contributed by atoms with van der Waals surface area (Å²) in [5, 5.41) is 0.695. The zero-order valence-corrected chi connectivity index (χ0v) is 15.1. The number of halogens is 1. The molecule has 2 unspecified atom stereocenters. The van der Waals surface area contributed by atoms with Gasteiger partial charge in [0.15, 0.2) is 0 Å². The van der Waals surface area contributed by atoms with Crippen LogP contribution in [0.2, 0.25) is 5.02 Å². The Hall–Kier alpha value is -1.88. The topological polar surface area (TPSA) is 55.6 Å². The minimum absolute atomic E-state index is 0.0117. The lowest BCUT2D eigenvalue weighted by Crippen LogP contribution is -2.41. The maximum absolute atomic E-state index is 13.0. The zero-order valence-electron chi connectivity index (χ0n) is 14.3. The second kappa shape index (κ2) is 8.00. The minimum atomic E-state index is -0.260. The highest BCUT2D eigenvalue weighted by atomic mass is 35.5. The summed E-state index contributed by atoms with van der Waals surface area (Å²) in [6, 6.07) is 16.1.